The van der Waals surface area contributed by atoms with E-state index in [0.717, 1.165) is 39.8 Å². The predicted octanol–water partition coefficient (Wildman–Crippen LogP) is 17.2. The Hall–Kier alpha value is -8.92. The summed E-state index contributed by atoms with van der Waals surface area (Å²) in [6, 6.07) is 96.2. The number of rotatable bonds is 7. The third-order valence-corrected chi connectivity index (χ3v) is 14.5. The molecule has 0 aliphatic heterocycles. The highest BCUT2D eigenvalue weighted by Gasteiger charge is 2.53. The van der Waals surface area contributed by atoms with Gasteiger partial charge in [-0.05, 0) is 135 Å². The minimum Gasteiger partial charge on any atom is -0.310 e. The number of aromatic nitrogens is 1. The Morgan fingerprint density at radius 1 is 0.294 bits per heavy atom. The summed E-state index contributed by atoms with van der Waals surface area (Å²) in [6.45, 7) is 0. The van der Waals surface area contributed by atoms with Gasteiger partial charge in [-0.25, -0.2) is 0 Å². The van der Waals surface area contributed by atoms with Gasteiger partial charge in [0, 0.05) is 50.5 Å². The van der Waals surface area contributed by atoms with Crippen molar-refractivity contribution in [3.05, 3.63) is 283 Å². The molecule has 3 nitrogen and oxygen atoms in total. The van der Waals surface area contributed by atoms with E-state index in [9.17, 15) is 0 Å². The summed E-state index contributed by atoms with van der Waals surface area (Å²) in [4.78, 5) is 4.93. The van der Waals surface area contributed by atoms with E-state index in [1.54, 1.807) is 0 Å². The lowest BCUT2D eigenvalue weighted by molar-refractivity contribution is 0.793. The van der Waals surface area contributed by atoms with Crippen molar-refractivity contribution >= 4 is 66.7 Å². The molecule has 1 aromatic heterocycles. The molecule has 0 fully saturated rings. The maximum Gasteiger partial charge on any atom is 0.0746 e. The zero-order valence-electron chi connectivity index (χ0n) is 37.2. The second-order valence-corrected chi connectivity index (χ2v) is 18.0. The Bertz CT molecular complexity index is 3920. The number of nitrogens with zero attached hydrogens (tertiary/aromatic N) is 3. The van der Waals surface area contributed by atoms with Crippen LogP contribution in [0.1, 0.15) is 22.3 Å². The van der Waals surface area contributed by atoms with E-state index in [-0.39, 0.29) is 0 Å². The van der Waals surface area contributed by atoms with Crippen LogP contribution in [0.5, 0.6) is 0 Å². The number of anilines is 6. The highest BCUT2D eigenvalue weighted by Crippen LogP contribution is 2.66. The number of hydrogen-bond donors (Lipinski definition) is 0. The molecule has 2 aliphatic rings. The third kappa shape index (κ3) is 5.54. The van der Waals surface area contributed by atoms with Gasteiger partial charge in [-0.3, -0.25) is 0 Å². The van der Waals surface area contributed by atoms with Gasteiger partial charge in [0.25, 0.3) is 0 Å². The van der Waals surface area contributed by atoms with Gasteiger partial charge in [0.2, 0.25) is 0 Å². The van der Waals surface area contributed by atoms with E-state index in [1.165, 1.54) is 77.1 Å². The average molecular weight is 866 g/mol. The lowest BCUT2D eigenvalue weighted by atomic mass is 9.69. The number of para-hydroxylation sites is 4. The second kappa shape index (κ2) is 15.1. The first-order chi connectivity index (χ1) is 33.8. The first-order valence-corrected chi connectivity index (χ1v) is 23.5. The summed E-state index contributed by atoms with van der Waals surface area (Å²) >= 11 is 0. The van der Waals surface area contributed by atoms with Crippen LogP contribution in [-0.4, -0.2) is 4.57 Å². The van der Waals surface area contributed by atoms with E-state index in [0.29, 0.717) is 0 Å². The summed E-state index contributed by atoms with van der Waals surface area (Å²) in [5.41, 5.74) is 19.8. The normalized spacial score (nSPS) is 14.2. The van der Waals surface area contributed by atoms with Gasteiger partial charge in [0.1, 0.15) is 0 Å². The Morgan fingerprint density at radius 3 is 1.59 bits per heavy atom. The van der Waals surface area contributed by atoms with Crippen LogP contribution >= 0.6 is 0 Å². The van der Waals surface area contributed by atoms with Crippen LogP contribution in [0, 0.1) is 0 Å². The minimum absolute atomic E-state index is 0.639. The molecule has 12 aromatic rings. The molecule has 0 saturated heterocycles. The van der Waals surface area contributed by atoms with Crippen LogP contribution in [0.25, 0.3) is 60.5 Å². The van der Waals surface area contributed by atoms with E-state index in [1.807, 2.05) is 0 Å². The van der Waals surface area contributed by atoms with Gasteiger partial charge in [-0.2, -0.15) is 0 Å². The minimum atomic E-state index is -0.639. The monoisotopic (exact) mass is 865 g/mol. The van der Waals surface area contributed by atoms with Gasteiger partial charge in [-0.1, -0.05) is 176 Å². The molecule has 68 heavy (non-hydrogen) atoms. The van der Waals surface area contributed by atoms with Gasteiger partial charge in [0.05, 0.1) is 22.1 Å². The zero-order chi connectivity index (χ0) is 44.8. The number of fused-ring (bicyclic) bond motifs is 14. The molecular formula is C65H43N3. The SMILES string of the molecule is c1ccc(N(c2ccc3c(c2)C2(c4ccccc4-3)c3ccccc3-c3cccc(N(c4ccccc4)c4ccc5ccccc5c4)c32)c2ccc3c4ccccc4n(-c4ccccc4)c3c2)cc1. The molecule has 11 aromatic carbocycles. The lowest BCUT2D eigenvalue weighted by Crippen LogP contribution is -2.28. The van der Waals surface area contributed by atoms with Crippen LogP contribution in [0.4, 0.5) is 34.1 Å². The van der Waals surface area contributed by atoms with Crippen molar-refractivity contribution in [2.24, 2.45) is 0 Å². The maximum absolute atomic E-state index is 2.50. The predicted molar refractivity (Wildman–Crippen MR) is 284 cm³/mol. The fraction of sp³-hybridized carbons (Fsp3) is 0.0154. The van der Waals surface area contributed by atoms with E-state index in [2.05, 4.69) is 275 Å². The molecule has 1 heterocycles. The lowest BCUT2D eigenvalue weighted by Gasteiger charge is -2.36. The average Bonchev–Trinajstić information content (AvgIpc) is 4.01. The molecule has 318 valence electrons. The van der Waals surface area contributed by atoms with Gasteiger partial charge in [-0.15, -0.1) is 0 Å². The first kappa shape index (κ1) is 38.4. The van der Waals surface area contributed by atoms with Crippen molar-refractivity contribution < 1.29 is 0 Å². The first-order valence-electron chi connectivity index (χ1n) is 23.5. The largest absolute Gasteiger partial charge is 0.310 e. The molecule has 0 amide bonds. The quantitative estimate of drug-likeness (QED) is 0.158. The topological polar surface area (TPSA) is 11.4 Å². The molecule has 0 bridgehead atoms. The van der Waals surface area contributed by atoms with E-state index >= 15 is 0 Å². The standard InChI is InChI=1S/C65H43N3/c1-4-21-46(22-5-1)66(51-38-40-56-55-29-14-17-33-61(55)68(63(56)43-51)48-25-8-3-9-26-48)50-37-39-54-52-27-12-15-31-58(52)65(60(54)42-50)59-32-16-13-28-53(59)57-30-18-34-62(64(57)65)67(47-23-6-2-7-24-47)49-36-35-44-19-10-11-20-45(44)41-49/h1-43H. The molecule has 14 rings (SSSR count). The van der Waals surface area contributed by atoms with Crippen LogP contribution in [0.2, 0.25) is 0 Å². The zero-order valence-corrected chi connectivity index (χ0v) is 37.2. The molecule has 3 heteroatoms. The summed E-state index contributed by atoms with van der Waals surface area (Å²) in [7, 11) is 0. The highest BCUT2D eigenvalue weighted by molar-refractivity contribution is 6.10. The Labute approximate surface area is 395 Å². The van der Waals surface area contributed by atoms with Crippen molar-refractivity contribution in [3.8, 4) is 27.9 Å². The third-order valence-electron chi connectivity index (χ3n) is 14.5. The summed E-state index contributed by atoms with van der Waals surface area (Å²) < 4.78 is 2.41. The number of hydrogen-bond acceptors (Lipinski definition) is 2. The van der Waals surface area contributed by atoms with Gasteiger partial charge in [0.15, 0.2) is 0 Å². The fourth-order valence-corrected chi connectivity index (χ4v) is 11.8. The summed E-state index contributed by atoms with van der Waals surface area (Å²) in [5, 5.41) is 4.90. The van der Waals surface area contributed by atoms with Gasteiger partial charge < -0.3 is 14.4 Å². The van der Waals surface area contributed by atoms with Crippen molar-refractivity contribution in [2.75, 3.05) is 9.80 Å². The molecule has 0 N–H and O–H groups in total. The molecule has 0 saturated carbocycles. The van der Waals surface area contributed by atoms with Crippen LogP contribution in [-0.2, 0) is 5.41 Å². The molecule has 1 atom stereocenters. The van der Waals surface area contributed by atoms with Crippen LogP contribution < -0.4 is 9.80 Å². The Kier molecular flexibility index (Phi) is 8.50. The second-order valence-electron chi connectivity index (χ2n) is 18.0. The van der Waals surface area contributed by atoms with E-state index < -0.39 is 5.41 Å². The Morgan fingerprint density at radius 2 is 0.824 bits per heavy atom. The smallest absolute Gasteiger partial charge is 0.0746 e. The van der Waals surface area contributed by atoms with Crippen LogP contribution in [0.3, 0.4) is 0 Å². The van der Waals surface area contributed by atoms with Crippen molar-refractivity contribution in [3.63, 3.8) is 0 Å². The molecule has 1 spiro atoms. The summed E-state index contributed by atoms with van der Waals surface area (Å²) in [5.74, 6) is 0. The Balaban J connectivity index is 1.04. The molecule has 2 aliphatic carbocycles. The number of benzene rings is 11. The van der Waals surface area contributed by atoms with Crippen LogP contribution in [0.15, 0.2) is 261 Å². The van der Waals surface area contributed by atoms with Crippen molar-refractivity contribution in [2.45, 2.75) is 5.41 Å². The van der Waals surface area contributed by atoms with Gasteiger partial charge >= 0.3 is 0 Å². The molecule has 1 unspecified atom stereocenters. The molecular weight excluding hydrogens is 823 g/mol. The van der Waals surface area contributed by atoms with E-state index in [4.69, 9.17) is 0 Å². The molecule has 0 radical (unpaired) electrons. The van der Waals surface area contributed by atoms with Crippen molar-refractivity contribution in [1.82, 2.24) is 4.57 Å². The maximum atomic E-state index is 2.50. The fourth-order valence-electron chi connectivity index (χ4n) is 11.8. The highest BCUT2D eigenvalue weighted by atomic mass is 15.2. The van der Waals surface area contributed by atoms with Crippen molar-refractivity contribution in [1.29, 1.82) is 0 Å². The summed E-state index contributed by atoms with van der Waals surface area (Å²) in [6.07, 6.45) is 0.